The van der Waals surface area contributed by atoms with Crippen molar-refractivity contribution in [3.05, 3.63) is 68.1 Å². The van der Waals surface area contributed by atoms with Crippen molar-refractivity contribution in [2.75, 3.05) is 7.05 Å². The molecule has 1 saturated carbocycles. The molecule has 0 saturated heterocycles. The molecule has 0 heterocycles. The summed E-state index contributed by atoms with van der Waals surface area (Å²) in [7, 11) is 2.03. The number of halogens is 4. The maximum Gasteiger partial charge on any atom is 0.151 e. The number of hydrogen-bond acceptors (Lipinski definition) is 2. The Morgan fingerprint density at radius 1 is 0.958 bits per heavy atom. The molecule has 0 unspecified atom stereocenters. The van der Waals surface area contributed by atoms with Crippen LogP contribution in [-0.4, -0.2) is 19.4 Å². The van der Waals surface area contributed by atoms with Crippen LogP contribution in [0.25, 0.3) is 0 Å². The van der Waals surface area contributed by atoms with Gasteiger partial charge in [-0.25, -0.2) is 0 Å². The lowest BCUT2D eigenvalue weighted by molar-refractivity contribution is 0.112. The molecule has 1 N–H and O–H groups in total. The summed E-state index contributed by atoms with van der Waals surface area (Å²) in [6, 6.07) is 12.7. The number of benzene rings is 2. The van der Waals surface area contributed by atoms with Crippen LogP contribution in [0.5, 0.6) is 0 Å². The number of carbonyl (C=O) groups is 1. The minimum absolute atomic E-state index is 0.391. The van der Waals surface area contributed by atoms with E-state index in [9.17, 15) is 4.79 Å². The largest absolute Gasteiger partial charge is 0.317 e. The lowest BCUT2D eigenvalue weighted by Gasteiger charge is -2.23. The Hall–Kier alpha value is -0.770. The number of hydrogen-bond donors (Lipinski definition) is 1. The van der Waals surface area contributed by atoms with Crippen LogP contribution in [0.2, 0.25) is 20.1 Å². The summed E-state index contributed by atoms with van der Waals surface area (Å²) in [6.07, 6.45) is 4.93. The van der Waals surface area contributed by atoms with Crippen molar-refractivity contribution in [3.8, 4) is 0 Å². The molecule has 0 amide bonds. The van der Waals surface area contributed by atoms with Crippen LogP contribution in [0.15, 0.2) is 42.5 Å². The van der Waals surface area contributed by atoms with E-state index in [4.69, 9.17) is 46.4 Å². The van der Waals surface area contributed by atoms with Gasteiger partial charge in [-0.2, -0.15) is 0 Å². The Morgan fingerprint density at radius 3 is 1.83 bits per heavy atom. The fourth-order valence-electron chi connectivity index (χ4n) is 1.75. The SMILES string of the molecule is CNC1CCC1.Clc1cccc(Cl)c1.O=Cc1ccc(Cl)cc1Cl. The monoisotopic (exact) mass is 405 g/mol. The summed E-state index contributed by atoms with van der Waals surface area (Å²) in [6.45, 7) is 0. The summed E-state index contributed by atoms with van der Waals surface area (Å²) < 4.78 is 0. The van der Waals surface area contributed by atoms with E-state index in [1.54, 1.807) is 30.3 Å². The molecule has 0 spiro atoms. The number of nitrogens with one attached hydrogen (secondary N) is 1. The van der Waals surface area contributed by atoms with Gasteiger partial charge in [-0.1, -0.05) is 58.9 Å². The van der Waals surface area contributed by atoms with Crippen LogP contribution in [-0.2, 0) is 0 Å². The van der Waals surface area contributed by atoms with E-state index in [2.05, 4.69) is 5.32 Å². The first-order valence-corrected chi connectivity index (χ1v) is 8.96. The van der Waals surface area contributed by atoms with Crippen molar-refractivity contribution in [1.29, 1.82) is 0 Å². The summed E-state index contributed by atoms with van der Waals surface area (Å²) in [5, 5.41) is 5.49. The van der Waals surface area contributed by atoms with Gasteiger partial charge in [0.2, 0.25) is 0 Å². The molecule has 0 radical (unpaired) electrons. The fraction of sp³-hybridized carbons (Fsp3) is 0.278. The normalized spacial score (nSPS) is 12.9. The number of aldehydes is 1. The molecular formula is C18H19Cl4NO. The topological polar surface area (TPSA) is 29.1 Å². The summed E-state index contributed by atoms with van der Waals surface area (Å²) in [4.78, 5) is 10.2. The quantitative estimate of drug-likeness (QED) is 0.572. The van der Waals surface area contributed by atoms with Gasteiger partial charge in [0, 0.05) is 26.7 Å². The van der Waals surface area contributed by atoms with E-state index in [1.807, 2.05) is 13.1 Å². The van der Waals surface area contributed by atoms with Crippen molar-refractivity contribution in [2.24, 2.45) is 0 Å². The molecule has 1 aliphatic carbocycles. The average Bonchev–Trinajstić information content (AvgIpc) is 2.47. The lowest BCUT2D eigenvalue weighted by Crippen LogP contribution is -2.31. The molecule has 0 bridgehead atoms. The molecule has 0 aliphatic heterocycles. The standard InChI is InChI=1S/C7H4Cl2O.C6H4Cl2.C5H11N/c8-6-2-1-5(4-10)7(9)3-6;7-5-2-1-3-6(8)4-5;1-6-5-3-2-4-5/h1-4H;1-4H;5-6H,2-4H2,1H3. The van der Waals surface area contributed by atoms with E-state index in [0.29, 0.717) is 31.9 Å². The first kappa shape index (κ1) is 21.3. The van der Waals surface area contributed by atoms with Gasteiger partial charge in [0.25, 0.3) is 0 Å². The third-order valence-corrected chi connectivity index (χ3v) is 4.42. The maximum atomic E-state index is 10.2. The highest BCUT2D eigenvalue weighted by Crippen LogP contribution is 2.19. The second-order valence-corrected chi connectivity index (χ2v) is 6.86. The van der Waals surface area contributed by atoms with Gasteiger partial charge in [-0.05, 0) is 56.3 Å². The second-order valence-electron chi connectivity index (χ2n) is 5.14. The molecule has 3 rings (SSSR count). The van der Waals surface area contributed by atoms with E-state index >= 15 is 0 Å². The van der Waals surface area contributed by atoms with Crippen molar-refractivity contribution < 1.29 is 4.79 Å². The van der Waals surface area contributed by atoms with Crippen LogP contribution in [0, 0.1) is 0 Å². The van der Waals surface area contributed by atoms with Crippen LogP contribution in [0.1, 0.15) is 29.6 Å². The van der Waals surface area contributed by atoms with Gasteiger partial charge in [-0.3, -0.25) is 4.79 Å². The molecule has 2 aromatic rings. The molecule has 130 valence electrons. The van der Waals surface area contributed by atoms with Crippen LogP contribution in [0.4, 0.5) is 0 Å². The zero-order valence-corrected chi connectivity index (χ0v) is 16.3. The second kappa shape index (κ2) is 11.7. The minimum atomic E-state index is 0.391. The van der Waals surface area contributed by atoms with Gasteiger partial charge < -0.3 is 5.32 Å². The van der Waals surface area contributed by atoms with Crippen LogP contribution >= 0.6 is 46.4 Å². The highest BCUT2D eigenvalue weighted by Gasteiger charge is 2.13. The molecule has 1 fully saturated rings. The van der Waals surface area contributed by atoms with Crippen molar-refractivity contribution in [2.45, 2.75) is 25.3 Å². The smallest absolute Gasteiger partial charge is 0.151 e. The molecule has 24 heavy (non-hydrogen) atoms. The lowest BCUT2D eigenvalue weighted by atomic mass is 9.94. The Morgan fingerprint density at radius 2 is 1.54 bits per heavy atom. The highest BCUT2D eigenvalue weighted by molar-refractivity contribution is 6.36. The van der Waals surface area contributed by atoms with Crippen molar-refractivity contribution in [3.63, 3.8) is 0 Å². The zero-order chi connectivity index (χ0) is 17.9. The Kier molecular flexibility index (Phi) is 10.4. The average molecular weight is 407 g/mol. The fourth-order valence-corrected chi connectivity index (χ4v) is 2.64. The molecule has 0 aromatic heterocycles. The summed E-state index contributed by atoms with van der Waals surface area (Å²) in [5.74, 6) is 0. The van der Waals surface area contributed by atoms with Gasteiger partial charge in [0.05, 0.1) is 5.02 Å². The zero-order valence-electron chi connectivity index (χ0n) is 13.2. The van der Waals surface area contributed by atoms with E-state index < -0.39 is 0 Å². The molecular weight excluding hydrogens is 388 g/mol. The van der Waals surface area contributed by atoms with Crippen LogP contribution < -0.4 is 5.32 Å². The summed E-state index contributed by atoms with van der Waals surface area (Å²) >= 11 is 22.3. The number of carbonyl (C=O) groups excluding carboxylic acids is 1. The van der Waals surface area contributed by atoms with Gasteiger partial charge in [0.1, 0.15) is 0 Å². The first-order chi connectivity index (χ1) is 11.5. The predicted molar refractivity (Wildman–Crippen MR) is 105 cm³/mol. The van der Waals surface area contributed by atoms with Gasteiger partial charge in [-0.15, -0.1) is 0 Å². The van der Waals surface area contributed by atoms with E-state index in [-0.39, 0.29) is 0 Å². The Labute approximate surface area is 163 Å². The van der Waals surface area contributed by atoms with Crippen LogP contribution in [0.3, 0.4) is 0 Å². The Bertz CT molecular complexity index is 625. The minimum Gasteiger partial charge on any atom is -0.317 e. The molecule has 0 atom stereocenters. The third-order valence-electron chi connectivity index (χ3n) is 3.39. The van der Waals surface area contributed by atoms with Gasteiger partial charge in [0.15, 0.2) is 6.29 Å². The molecule has 6 heteroatoms. The third kappa shape index (κ3) is 8.36. The van der Waals surface area contributed by atoms with Crippen molar-refractivity contribution in [1.82, 2.24) is 5.32 Å². The number of rotatable bonds is 2. The van der Waals surface area contributed by atoms with E-state index in [0.717, 1.165) is 6.04 Å². The summed E-state index contributed by atoms with van der Waals surface area (Å²) in [5.41, 5.74) is 0.464. The Balaban J connectivity index is 0.000000186. The van der Waals surface area contributed by atoms with E-state index in [1.165, 1.54) is 25.3 Å². The molecule has 2 nitrogen and oxygen atoms in total. The maximum absolute atomic E-state index is 10.2. The highest BCUT2D eigenvalue weighted by atomic mass is 35.5. The van der Waals surface area contributed by atoms with Gasteiger partial charge >= 0.3 is 0 Å². The first-order valence-electron chi connectivity index (χ1n) is 7.44. The molecule has 2 aromatic carbocycles. The van der Waals surface area contributed by atoms with Crippen molar-refractivity contribution >= 4 is 52.7 Å². The molecule has 1 aliphatic rings. The predicted octanol–water partition coefficient (Wildman–Crippen LogP) is 6.56.